The van der Waals surface area contributed by atoms with Gasteiger partial charge in [0.1, 0.15) is 17.4 Å². The van der Waals surface area contributed by atoms with E-state index in [0.29, 0.717) is 62.3 Å². The lowest BCUT2D eigenvalue weighted by molar-refractivity contribution is 0.0653. The Morgan fingerprint density at radius 3 is 2.43 bits per heavy atom. The van der Waals surface area contributed by atoms with Crippen molar-refractivity contribution in [1.82, 2.24) is 15.2 Å². The number of aliphatic hydroxyl groups is 1. The van der Waals surface area contributed by atoms with E-state index in [4.69, 9.17) is 14.2 Å². The van der Waals surface area contributed by atoms with Crippen molar-refractivity contribution in [3.63, 3.8) is 0 Å². The molecule has 2 amide bonds. The Bertz CT molecular complexity index is 1040. The van der Waals surface area contributed by atoms with Crippen molar-refractivity contribution in [2.75, 3.05) is 27.3 Å². The molecule has 9 heteroatoms. The van der Waals surface area contributed by atoms with Crippen molar-refractivity contribution < 1.29 is 28.9 Å². The molecule has 1 aromatic heterocycles. The van der Waals surface area contributed by atoms with Crippen LogP contribution < -0.4 is 14.8 Å². The molecule has 1 saturated heterocycles. The number of ether oxygens (including phenoxy) is 3. The molecule has 1 aliphatic carbocycles. The average molecular weight is 484 g/mol. The third kappa shape index (κ3) is 5.85. The molecule has 35 heavy (non-hydrogen) atoms. The van der Waals surface area contributed by atoms with E-state index in [2.05, 4.69) is 10.3 Å². The maximum absolute atomic E-state index is 13.1. The lowest BCUT2D eigenvalue weighted by Gasteiger charge is -2.34. The molecule has 2 fully saturated rings. The smallest absolute Gasteiger partial charge is 0.409 e. The standard InChI is InChI=1S/C26H33N3O6/c1-16-4-6-17(7-5-16)15-27-24(31)21-14-22(23(28-25(21)33-2)18-12-19(30)13-18)35-20-8-10-29(11-9-20)26(32)34-3/h4-7,14,18-20,30H,8-13,15H2,1-3H3,(H,27,31). The summed E-state index contributed by atoms with van der Waals surface area (Å²) in [5.41, 5.74) is 3.13. The fourth-order valence-electron chi connectivity index (χ4n) is 4.46. The van der Waals surface area contributed by atoms with Crippen molar-refractivity contribution in [1.29, 1.82) is 0 Å². The highest BCUT2D eigenvalue weighted by Crippen LogP contribution is 2.42. The van der Waals surface area contributed by atoms with Crippen molar-refractivity contribution >= 4 is 12.0 Å². The van der Waals surface area contributed by atoms with E-state index >= 15 is 0 Å². The Kier molecular flexibility index (Phi) is 7.75. The van der Waals surface area contributed by atoms with Crippen LogP contribution in [0.2, 0.25) is 0 Å². The van der Waals surface area contributed by atoms with Crippen molar-refractivity contribution in [3.05, 3.63) is 52.7 Å². The van der Waals surface area contributed by atoms with Crippen molar-refractivity contribution in [3.8, 4) is 11.6 Å². The topological polar surface area (TPSA) is 110 Å². The van der Waals surface area contributed by atoms with Gasteiger partial charge < -0.3 is 29.5 Å². The Hall–Kier alpha value is -3.33. The average Bonchev–Trinajstić information content (AvgIpc) is 2.86. The minimum absolute atomic E-state index is 0.0359. The van der Waals surface area contributed by atoms with Gasteiger partial charge in [-0.15, -0.1) is 0 Å². The highest BCUT2D eigenvalue weighted by Gasteiger charge is 2.35. The first-order chi connectivity index (χ1) is 16.9. The first-order valence-corrected chi connectivity index (χ1v) is 12.0. The zero-order valence-electron chi connectivity index (χ0n) is 20.5. The van der Waals surface area contributed by atoms with E-state index in [1.54, 1.807) is 11.0 Å². The van der Waals surface area contributed by atoms with Crippen LogP contribution in [0.15, 0.2) is 30.3 Å². The van der Waals surface area contributed by atoms with E-state index < -0.39 is 0 Å². The van der Waals surface area contributed by atoms with Gasteiger partial charge in [0.25, 0.3) is 5.91 Å². The lowest BCUT2D eigenvalue weighted by Crippen LogP contribution is -2.42. The number of methoxy groups -OCH3 is 2. The van der Waals surface area contributed by atoms with Crippen LogP contribution in [-0.4, -0.2) is 66.5 Å². The third-order valence-corrected chi connectivity index (χ3v) is 6.66. The van der Waals surface area contributed by atoms with Gasteiger partial charge in [0.2, 0.25) is 5.88 Å². The van der Waals surface area contributed by atoms with Gasteiger partial charge in [-0.25, -0.2) is 9.78 Å². The number of benzene rings is 1. The van der Waals surface area contributed by atoms with Crippen LogP contribution >= 0.6 is 0 Å². The fraction of sp³-hybridized carbons (Fsp3) is 0.500. The molecule has 2 aromatic rings. The highest BCUT2D eigenvalue weighted by molar-refractivity contribution is 5.96. The summed E-state index contributed by atoms with van der Waals surface area (Å²) in [5, 5.41) is 12.8. The van der Waals surface area contributed by atoms with Gasteiger partial charge >= 0.3 is 6.09 Å². The number of likely N-dealkylation sites (tertiary alicyclic amines) is 1. The molecule has 1 aliphatic heterocycles. The summed E-state index contributed by atoms with van der Waals surface area (Å²) in [7, 11) is 2.86. The zero-order valence-corrected chi connectivity index (χ0v) is 20.5. The maximum atomic E-state index is 13.1. The van der Waals surface area contributed by atoms with Crippen LogP contribution in [0.5, 0.6) is 11.6 Å². The molecule has 0 atom stereocenters. The second kappa shape index (κ2) is 10.9. The molecule has 0 spiro atoms. The number of carbonyl (C=O) groups excluding carboxylic acids is 2. The maximum Gasteiger partial charge on any atom is 0.409 e. The quantitative estimate of drug-likeness (QED) is 0.622. The van der Waals surface area contributed by atoms with Gasteiger partial charge in [-0.3, -0.25) is 4.79 Å². The van der Waals surface area contributed by atoms with E-state index in [9.17, 15) is 14.7 Å². The Morgan fingerprint density at radius 1 is 1.14 bits per heavy atom. The molecule has 0 unspecified atom stereocenters. The number of hydrogen-bond donors (Lipinski definition) is 2. The lowest BCUT2D eigenvalue weighted by atomic mass is 9.79. The van der Waals surface area contributed by atoms with Gasteiger partial charge in [-0.2, -0.15) is 0 Å². The van der Waals surface area contributed by atoms with Crippen LogP contribution in [-0.2, 0) is 11.3 Å². The fourth-order valence-corrected chi connectivity index (χ4v) is 4.46. The predicted molar refractivity (Wildman–Crippen MR) is 129 cm³/mol. The van der Waals surface area contributed by atoms with E-state index in [0.717, 1.165) is 11.1 Å². The highest BCUT2D eigenvalue weighted by atomic mass is 16.5. The summed E-state index contributed by atoms with van der Waals surface area (Å²) in [6, 6.07) is 9.66. The SMILES string of the molecule is COC(=O)N1CCC(Oc2cc(C(=O)NCc3ccc(C)cc3)c(OC)nc2C2CC(O)C2)CC1. The molecule has 1 saturated carbocycles. The largest absolute Gasteiger partial charge is 0.488 e. The van der Waals surface area contributed by atoms with Crippen LogP contribution in [0, 0.1) is 6.92 Å². The number of aliphatic hydroxyl groups excluding tert-OH is 1. The van der Waals surface area contributed by atoms with E-state index in [-0.39, 0.29) is 36.0 Å². The summed E-state index contributed by atoms with van der Waals surface area (Å²) < 4.78 is 16.6. The Labute approximate surface area is 205 Å². The Morgan fingerprint density at radius 2 is 1.83 bits per heavy atom. The molecule has 9 nitrogen and oxygen atoms in total. The molecule has 2 N–H and O–H groups in total. The normalized spacial score (nSPS) is 20.1. The number of hydrogen-bond acceptors (Lipinski definition) is 7. The van der Waals surface area contributed by atoms with Gasteiger partial charge in [0.15, 0.2) is 0 Å². The number of piperidine rings is 1. The number of nitrogens with one attached hydrogen (secondary N) is 1. The van der Waals surface area contributed by atoms with E-state index in [1.807, 2.05) is 31.2 Å². The van der Waals surface area contributed by atoms with Gasteiger partial charge in [0.05, 0.1) is 26.0 Å². The van der Waals surface area contributed by atoms with Crippen LogP contribution in [0.4, 0.5) is 4.79 Å². The second-order valence-electron chi connectivity index (χ2n) is 9.19. The Balaban J connectivity index is 1.53. The number of aryl methyl sites for hydroxylation is 1. The van der Waals surface area contributed by atoms with Crippen LogP contribution in [0.3, 0.4) is 0 Å². The molecule has 0 bridgehead atoms. The molecule has 188 valence electrons. The monoisotopic (exact) mass is 483 g/mol. The number of rotatable bonds is 7. The summed E-state index contributed by atoms with van der Waals surface area (Å²) in [6.45, 7) is 3.45. The van der Waals surface area contributed by atoms with Gasteiger partial charge in [-0.1, -0.05) is 29.8 Å². The van der Waals surface area contributed by atoms with Gasteiger partial charge in [0, 0.05) is 44.5 Å². The van der Waals surface area contributed by atoms with Crippen LogP contribution in [0.1, 0.15) is 58.8 Å². The number of aromatic nitrogens is 1. The van der Waals surface area contributed by atoms with Crippen molar-refractivity contribution in [2.24, 2.45) is 0 Å². The first-order valence-electron chi connectivity index (χ1n) is 12.0. The molecular formula is C26H33N3O6. The van der Waals surface area contributed by atoms with Crippen LogP contribution in [0.25, 0.3) is 0 Å². The molecular weight excluding hydrogens is 450 g/mol. The minimum atomic E-state index is -0.360. The summed E-state index contributed by atoms with van der Waals surface area (Å²) >= 11 is 0. The zero-order chi connectivity index (χ0) is 24.9. The predicted octanol–water partition coefficient (Wildman–Crippen LogP) is 3.18. The second-order valence-corrected chi connectivity index (χ2v) is 9.19. The number of pyridine rings is 1. The summed E-state index contributed by atoms with van der Waals surface area (Å²) in [5.74, 6) is 0.490. The van der Waals surface area contributed by atoms with E-state index in [1.165, 1.54) is 14.2 Å². The third-order valence-electron chi connectivity index (χ3n) is 6.66. The number of amides is 2. The summed E-state index contributed by atoms with van der Waals surface area (Å²) in [4.78, 5) is 31.2. The molecule has 1 aromatic carbocycles. The summed E-state index contributed by atoms with van der Waals surface area (Å²) in [6.07, 6.45) is 1.63. The van der Waals surface area contributed by atoms with Gasteiger partial charge in [-0.05, 0) is 25.3 Å². The first kappa shape index (κ1) is 24.8. The molecule has 4 rings (SSSR count). The number of carbonyl (C=O) groups is 2. The number of nitrogens with zero attached hydrogens (tertiary/aromatic N) is 2. The molecule has 2 aliphatic rings. The van der Waals surface area contributed by atoms with Crippen molar-refractivity contribution in [2.45, 2.75) is 57.3 Å². The molecule has 0 radical (unpaired) electrons. The minimum Gasteiger partial charge on any atom is -0.488 e. The molecule has 2 heterocycles.